The largest absolute Gasteiger partial charge is 0.481 e. The Bertz CT molecular complexity index is 975. The fraction of sp³-hybridized carbons (Fsp3) is 0.333. The molecule has 0 saturated carbocycles. The average Bonchev–Trinajstić information content (AvgIpc) is 2.80. The summed E-state index contributed by atoms with van der Waals surface area (Å²) in [6.45, 7) is 3.11. The molecule has 5 nitrogen and oxygen atoms in total. The van der Waals surface area contributed by atoms with Crippen molar-refractivity contribution in [2.24, 2.45) is 0 Å². The quantitative estimate of drug-likeness (QED) is 0.788. The highest BCUT2D eigenvalue weighted by Crippen LogP contribution is 2.32. The van der Waals surface area contributed by atoms with Crippen LogP contribution in [0.4, 0.5) is 0 Å². The molecule has 3 heterocycles. The van der Waals surface area contributed by atoms with Crippen LogP contribution < -0.4 is 10.1 Å². The van der Waals surface area contributed by atoms with E-state index in [1.165, 1.54) is 22.4 Å². The summed E-state index contributed by atoms with van der Waals surface area (Å²) in [7, 11) is 1.64. The summed E-state index contributed by atoms with van der Waals surface area (Å²) in [5, 5.41) is 2.91. The predicted molar refractivity (Wildman–Crippen MR) is 102 cm³/mol. The summed E-state index contributed by atoms with van der Waals surface area (Å²) >= 11 is 0. The van der Waals surface area contributed by atoms with Crippen molar-refractivity contribution >= 4 is 16.9 Å². The van der Waals surface area contributed by atoms with Crippen LogP contribution in [-0.4, -0.2) is 29.1 Å². The number of hydrogen-bond acceptors (Lipinski definition) is 3. The molecule has 0 atom stereocenters. The standard InChI is InChI=1S/C21H23N3O2/c1-14(25)22-11-9-17-19-13-16-6-4-3-5-15(16)10-12-24(19)18-7-8-20(26-2)23-21(17)18/h3-8H,9-13H2,1-2H3,(H,22,25). The number of nitrogens with zero attached hydrogens (tertiary/aromatic N) is 2. The zero-order valence-corrected chi connectivity index (χ0v) is 15.2. The Morgan fingerprint density at radius 3 is 2.81 bits per heavy atom. The maximum absolute atomic E-state index is 11.3. The van der Waals surface area contributed by atoms with Crippen LogP contribution in [0.2, 0.25) is 0 Å². The first-order chi connectivity index (χ1) is 12.7. The molecule has 0 bridgehead atoms. The van der Waals surface area contributed by atoms with Crippen molar-refractivity contribution < 1.29 is 9.53 Å². The summed E-state index contributed by atoms with van der Waals surface area (Å²) in [6.07, 6.45) is 2.68. The van der Waals surface area contributed by atoms with Crippen LogP contribution in [0, 0.1) is 0 Å². The van der Waals surface area contributed by atoms with E-state index in [2.05, 4.69) is 40.2 Å². The topological polar surface area (TPSA) is 56.1 Å². The summed E-state index contributed by atoms with van der Waals surface area (Å²) in [4.78, 5) is 16.0. The summed E-state index contributed by atoms with van der Waals surface area (Å²) in [6, 6.07) is 12.7. The zero-order chi connectivity index (χ0) is 18.1. The van der Waals surface area contributed by atoms with Gasteiger partial charge >= 0.3 is 0 Å². The third-order valence-electron chi connectivity index (χ3n) is 5.14. The van der Waals surface area contributed by atoms with E-state index >= 15 is 0 Å². The van der Waals surface area contributed by atoms with E-state index in [1.807, 2.05) is 6.07 Å². The number of ether oxygens (including phenoxy) is 1. The van der Waals surface area contributed by atoms with Gasteiger partial charge in [0.1, 0.15) is 0 Å². The van der Waals surface area contributed by atoms with Crippen LogP contribution in [0.25, 0.3) is 11.0 Å². The van der Waals surface area contributed by atoms with E-state index in [0.29, 0.717) is 12.4 Å². The van der Waals surface area contributed by atoms with Crippen LogP contribution in [-0.2, 0) is 30.6 Å². The Morgan fingerprint density at radius 1 is 1.23 bits per heavy atom. The van der Waals surface area contributed by atoms with Gasteiger partial charge in [-0.15, -0.1) is 0 Å². The van der Waals surface area contributed by atoms with Gasteiger partial charge in [0.15, 0.2) is 0 Å². The number of fused-ring (bicyclic) bond motifs is 4. The molecule has 0 aliphatic carbocycles. The summed E-state index contributed by atoms with van der Waals surface area (Å²) in [5.74, 6) is 0.620. The SMILES string of the molecule is COc1ccc2c(n1)c(CCNC(C)=O)c1n2CCc2ccccc2C1. The number of rotatable bonds is 4. The Morgan fingerprint density at radius 2 is 2.04 bits per heavy atom. The highest BCUT2D eigenvalue weighted by atomic mass is 16.5. The van der Waals surface area contributed by atoms with Crippen molar-refractivity contribution in [1.29, 1.82) is 0 Å². The van der Waals surface area contributed by atoms with Crippen LogP contribution in [0.3, 0.4) is 0 Å². The fourth-order valence-corrected chi connectivity index (χ4v) is 3.90. The van der Waals surface area contributed by atoms with Gasteiger partial charge in [-0.05, 0) is 30.0 Å². The lowest BCUT2D eigenvalue weighted by Gasteiger charge is -2.08. The van der Waals surface area contributed by atoms with Crippen LogP contribution in [0.5, 0.6) is 5.88 Å². The van der Waals surface area contributed by atoms with Gasteiger partial charge in [0, 0.05) is 43.8 Å². The van der Waals surface area contributed by atoms with Crippen molar-refractivity contribution in [3.8, 4) is 5.88 Å². The van der Waals surface area contributed by atoms with Crippen molar-refractivity contribution in [2.45, 2.75) is 32.7 Å². The highest BCUT2D eigenvalue weighted by molar-refractivity contribution is 5.83. The second kappa shape index (κ2) is 6.83. The van der Waals surface area contributed by atoms with Gasteiger partial charge in [-0.1, -0.05) is 24.3 Å². The molecule has 1 amide bonds. The summed E-state index contributed by atoms with van der Waals surface area (Å²) < 4.78 is 7.74. The van der Waals surface area contributed by atoms with E-state index < -0.39 is 0 Å². The molecule has 0 radical (unpaired) electrons. The highest BCUT2D eigenvalue weighted by Gasteiger charge is 2.22. The molecule has 0 saturated heterocycles. The number of nitrogens with one attached hydrogen (secondary N) is 1. The maximum Gasteiger partial charge on any atom is 0.216 e. The van der Waals surface area contributed by atoms with Gasteiger partial charge in [-0.2, -0.15) is 0 Å². The average molecular weight is 349 g/mol. The second-order valence-corrected chi connectivity index (χ2v) is 6.73. The van der Waals surface area contributed by atoms with Crippen molar-refractivity contribution in [3.05, 3.63) is 58.8 Å². The molecule has 26 heavy (non-hydrogen) atoms. The van der Waals surface area contributed by atoms with Gasteiger partial charge in [-0.3, -0.25) is 4.79 Å². The lowest BCUT2D eigenvalue weighted by Crippen LogP contribution is -2.22. The van der Waals surface area contributed by atoms with Crippen molar-refractivity contribution in [2.75, 3.05) is 13.7 Å². The van der Waals surface area contributed by atoms with Crippen LogP contribution in [0.1, 0.15) is 29.3 Å². The van der Waals surface area contributed by atoms with Gasteiger partial charge in [0.25, 0.3) is 0 Å². The number of carbonyl (C=O) groups excluding carboxylic acids is 1. The van der Waals surface area contributed by atoms with Crippen LogP contribution in [0.15, 0.2) is 36.4 Å². The molecule has 1 aliphatic rings. The molecule has 3 aromatic rings. The maximum atomic E-state index is 11.3. The molecule has 0 spiro atoms. The first kappa shape index (κ1) is 16.6. The minimum Gasteiger partial charge on any atom is -0.481 e. The predicted octanol–water partition coefficient (Wildman–Crippen LogP) is 2.87. The first-order valence-corrected chi connectivity index (χ1v) is 9.03. The van der Waals surface area contributed by atoms with E-state index in [9.17, 15) is 4.79 Å². The first-order valence-electron chi connectivity index (χ1n) is 9.03. The lowest BCUT2D eigenvalue weighted by molar-refractivity contribution is -0.118. The molecular weight excluding hydrogens is 326 g/mol. The molecule has 134 valence electrons. The second-order valence-electron chi connectivity index (χ2n) is 6.73. The fourth-order valence-electron chi connectivity index (χ4n) is 3.90. The third-order valence-corrected chi connectivity index (χ3v) is 5.14. The third kappa shape index (κ3) is 2.94. The monoisotopic (exact) mass is 349 g/mol. The number of aryl methyl sites for hydroxylation is 2. The molecule has 1 aliphatic heterocycles. The molecule has 0 fully saturated rings. The Hall–Kier alpha value is -2.82. The number of aromatic nitrogens is 2. The minimum absolute atomic E-state index is 0.00418. The molecule has 0 unspecified atom stereocenters. The van der Waals surface area contributed by atoms with Crippen molar-refractivity contribution in [1.82, 2.24) is 14.9 Å². The Kier molecular flexibility index (Phi) is 4.37. The van der Waals surface area contributed by atoms with Crippen molar-refractivity contribution in [3.63, 3.8) is 0 Å². The molecule has 5 heteroatoms. The van der Waals surface area contributed by atoms with E-state index in [4.69, 9.17) is 9.72 Å². The number of hydrogen-bond donors (Lipinski definition) is 1. The molecular formula is C21H23N3O2. The van der Waals surface area contributed by atoms with E-state index in [1.54, 1.807) is 14.0 Å². The number of benzene rings is 1. The summed E-state index contributed by atoms with van der Waals surface area (Å²) in [5.41, 5.74) is 7.44. The number of methoxy groups -OCH3 is 1. The Labute approximate surface area is 153 Å². The van der Waals surface area contributed by atoms with Gasteiger partial charge in [0.05, 0.1) is 18.1 Å². The van der Waals surface area contributed by atoms with Crippen LogP contribution >= 0.6 is 0 Å². The van der Waals surface area contributed by atoms with Gasteiger partial charge in [0.2, 0.25) is 11.8 Å². The van der Waals surface area contributed by atoms with Gasteiger partial charge in [-0.25, -0.2) is 4.98 Å². The van der Waals surface area contributed by atoms with Gasteiger partial charge < -0.3 is 14.6 Å². The molecule has 1 aromatic carbocycles. The van der Waals surface area contributed by atoms with E-state index in [-0.39, 0.29) is 5.91 Å². The smallest absolute Gasteiger partial charge is 0.216 e. The minimum atomic E-state index is -0.00418. The molecule has 4 rings (SSSR count). The van der Waals surface area contributed by atoms with E-state index in [0.717, 1.165) is 36.8 Å². The Balaban J connectivity index is 1.83. The normalized spacial score (nSPS) is 13.0. The molecule has 2 aromatic heterocycles. The number of pyridine rings is 1. The number of amides is 1. The number of carbonyl (C=O) groups is 1. The zero-order valence-electron chi connectivity index (χ0n) is 15.2. The molecule has 1 N–H and O–H groups in total. The lowest BCUT2D eigenvalue weighted by atomic mass is 9.99.